The summed E-state index contributed by atoms with van der Waals surface area (Å²) in [5.74, 6) is -0.807. The maximum absolute atomic E-state index is 13.4. The molecule has 1 atom stereocenters. The Hall–Kier alpha value is -2.37. The Kier molecular flexibility index (Phi) is 5.61. The van der Waals surface area contributed by atoms with Gasteiger partial charge in [0, 0.05) is 31.8 Å². The second-order valence-corrected chi connectivity index (χ2v) is 8.75. The Morgan fingerprint density at radius 2 is 1.76 bits per heavy atom. The largest absolute Gasteiger partial charge is 0.473 e. The van der Waals surface area contributed by atoms with Gasteiger partial charge in [-0.25, -0.2) is 27.2 Å². The average molecular weight is 426 g/mol. The molecule has 2 fully saturated rings. The van der Waals surface area contributed by atoms with E-state index in [0.717, 1.165) is 35.3 Å². The third kappa shape index (κ3) is 4.46. The number of hydrogen-bond donors (Lipinski definition) is 0. The summed E-state index contributed by atoms with van der Waals surface area (Å²) in [6, 6.07) is 3.97. The molecule has 1 aromatic heterocycles. The number of hydrogen-bond acceptors (Lipinski definition) is 7. The van der Waals surface area contributed by atoms with Crippen LogP contribution in [0.5, 0.6) is 5.88 Å². The fraction of sp³-hybridized carbons (Fsp3) is 0.444. The van der Waals surface area contributed by atoms with Crippen LogP contribution in [-0.2, 0) is 14.8 Å². The second kappa shape index (κ2) is 8.17. The van der Waals surface area contributed by atoms with E-state index in [2.05, 4.69) is 14.9 Å². The van der Waals surface area contributed by atoms with Crippen LogP contribution in [0.15, 0.2) is 35.5 Å². The molecular weight excluding hydrogens is 406 g/mol. The first-order chi connectivity index (χ1) is 13.9. The molecular formula is C18H20F2N4O4S. The van der Waals surface area contributed by atoms with Crippen molar-refractivity contribution in [1.29, 1.82) is 0 Å². The average Bonchev–Trinajstić information content (AvgIpc) is 3.17. The van der Waals surface area contributed by atoms with Crippen LogP contribution < -0.4 is 9.64 Å². The van der Waals surface area contributed by atoms with Gasteiger partial charge in [-0.2, -0.15) is 4.31 Å². The van der Waals surface area contributed by atoms with Crippen LogP contribution >= 0.6 is 0 Å². The van der Waals surface area contributed by atoms with Crippen molar-refractivity contribution in [3.05, 3.63) is 42.2 Å². The van der Waals surface area contributed by atoms with E-state index in [0.29, 0.717) is 31.6 Å². The number of nitrogens with zero attached hydrogens (tertiary/aromatic N) is 4. The highest BCUT2D eigenvalue weighted by Gasteiger charge is 2.34. The van der Waals surface area contributed by atoms with Gasteiger partial charge < -0.3 is 14.4 Å². The van der Waals surface area contributed by atoms with Gasteiger partial charge >= 0.3 is 0 Å². The normalized spacial score (nSPS) is 20.8. The second-order valence-electron chi connectivity index (χ2n) is 6.81. The summed E-state index contributed by atoms with van der Waals surface area (Å²) in [6.07, 6.45) is 1.42. The van der Waals surface area contributed by atoms with Crippen LogP contribution in [0.2, 0.25) is 0 Å². The van der Waals surface area contributed by atoms with Crippen molar-refractivity contribution in [3.63, 3.8) is 0 Å². The van der Waals surface area contributed by atoms with Crippen LogP contribution in [0.3, 0.4) is 0 Å². The van der Waals surface area contributed by atoms with Gasteiger partial charge in [0.2, 0.25) is 15.9 Å². The molecule has 0 radical (unpaired) electrons. The summed E-state index contributed by atoms with van der Waals surface area (Å²) in [4.78, 5) is 10.0. The Labute approximate surface area is 167 Å². The van der Waals surface area contributed by atoms with E-state index in [4.69, 9.17) is 9.47 Å². The maximum atomic E-state index is 13.4. The van der Waals surface area contributed by atoms with Gasteiger partial charge in [0.25, 0.3) is 0 Å². The Bertz CT molecular complexity index is 965. The van der Waals surface area contributed by atoms with E-state index in [1.165, 1.54) is 6.33 Å². The van der Waals surface area contributed by atoms with Crippen molar-refractivity contribution in [2.45, 2.75) is 17.4 Å². The van der Waals surface area contributed by atoms with Gasteiger partial charge in [0.05, 0.1) is 24.7 Å². The number of ether oxygens (including phenoxy) is 2. The van der Waals surface area contributed by atoms with Crippen LogP contribution in [0, 0.1) is 11.6 Å². The number of halogens is 2. The van der Waals surface area contributed by atoms with E-state index in [1.807, 2.05) is 0 Å². The molecule has 1 unspecified atom stereocenters. The molecule has 156 valence electrons. The molecule has 3 heterocycles. The fourth-order valence-corrected chi connectivity index (χ4v) is 4.90. The molecule has 11 heteroatoms. The fourth-order valence-electron chi connectivity index (χ4n) is 3.37. The zero-order valence-electron chi connectivity index (χ0n) is 15.5. The van der Waals surface area contributed by atoms with Crippen LogP contribution in [-0.4, -0.2) is 68.2 Å². The minimum Gasteiger partial charge on any atom is -0.473 e. The van der Waals surface area contributed by atoms with E-state index in [-0.39, 0.29) is 13.1 Å². The molecule has 0 saturated carbocycles. The van der Waals surface area contributed by atoms with E-state index in [9.17, 15) is 17.2 Å². The minimum absolute atomic E-state index is 0.0668. The molecule has 1 aromatic carbocycles. The number of morpholine rings is 1. The monoisotopic (exact) mass is 426 g/mol. The molecule has 29 heavy (non-hydrogen) atoms. The smallest absolute Gasteiger partial charge is 0.243 e. The van der Waals surface area contributed by atoms with Crippen LogP contribution in [0.4, 0.5) is 14.6 Å². The first-order valence-corrected chi connectivity index (χ1v) is 10.6. The summed E-state index contributed by atoms with van der Waals surface area (Å²) in [6.45, 7) is 2.93. The van der Waals surface area contributed by atoms with E-state index < -0.39 is 32.7 Å². The molecule has 0 bridgehead atoms. The molecule has 0 spiro atoms. The van der Waals surface area contributed by atoms with Gasteiger partial charge in [0.1, 0.15) is 29.9 Å². The number of benzene rings is 1. The summed E-state index contributed by atoms with van der Waals surface area (Å²) in [5.41, 5.74) is 0. The van der Waals surface area contributed by atoms with Gasteiger partial charge in [-0.05, 0) is 18.6 Å². The van der Waals surface area contributed by atoms with Crippen molar-refractivity contribution < 1.29 is 26.7 Å². The molecule has 0 N–H and O–H groups in total. The van der Waals surface area contributed by atoms with Crippen LogP contribution in [0.25, 0.3) is 0 Å². The van der Waals surface area contributed by atoms with Gasteiger partial charge in [-0.1, -0.05) is 0 Å². The molecule has 0 aliphatic carbocycles. The third-order valence-corrected chi connectivity index (χ3v) is 6.67. The molecule has 4 rings (SSSR count). The summed E-state index contributed by atoms with van der Waals surface area (Å²) < 4.78 is 64.6. The van der Waals surface area contributed by atoms with Gasteiger partial charge in [0.15, 0.2) is 0 Å². The minimum atomic E-state index is -4.02. The quantitative estimate of drug-likeness (QED) is 0.715. The highest BCUT2D eigenvalue weighted by molar-refractivity contribution is 7.89. The topological polar surface area (TPSA) is 84.9 Å². The molecule has 0 amide bonds. The summed E-state index contributed by atoms with van der Waals surface area (Å²) >= 11 is 0. The first-order valence-electron chi connectivity index (χ1n) is 9.19. The SMILES string of the molecule is O=S(=O)(c1cc(F)cc(F)c1)N1CCC(Oc2cc(N3CCOCC3)ncn2)C1. The maximum Gasteiger partial charge on any atom is 0.243 e. The van der Waals surface area contributed by atoms with Crippen molar-refractivity contribution >= 4 is 15.8 Å². The summed E-state index contributed by atoms with van der Waals surface area (Å²) in [7, 11) is -4.02. The van der Waals surface area contributed by atoms with Crippen LogP contribution in [0.1, 0.15) is 6.42 Å². The molecule has 2 aliphatic rings. The lowest BCUT2D eigenvalue weighted by Crippen LogP contribution is -2.36. The molecule has 2 saturated heterocycles. The zero-order valence-corrected chi connectivity index (χ0v) is 16.3. The van der Waals surface area contributed by atoms with Crippen molar-refractivity contribution in [2.75, 3.05) is 44.3 Å². The zero-order chi connectivity index (χ0) is 20.4. The van der Waals surface area contributed by atoms with Crippen molar-refractivity contribution in [2.24, 2.45) is 0 Å². The Morgan fingerprint density at radius 3 is 2.48 bits per heavy atom. The van der Waals surface area contributed by atoms with Crippen molar-refractivity contribution in [1.82, 2.24) is 14.3 Å². The highest BCUT2D eigenvalue weighted by atomic mass is 32.2. The summed E-state index contributed by atoms with van der Waals surface area (Å²) in [5, 5.41) is 0. The lowest BCUT2D eigenvalue weighted by molar-refractivity contribution is 0.122. The standard InChI is InChI=1S/C18H20F2N4O4S/c19-13-7-14(20)9-16(8-13)29(25,26)24-2-1-15(11-24)28-18-10-17(21-12-22-18)23-3-5-27-6-4-23/h7-10,12,15H,1-6,11H2. The van der Waals surface area contributed by atoms with E-state index in [1.54, 1.807) is 6.07 Å². The lowest BCUT2D eigenvalue weighted by atomic mass is 10.3. The molecule has 8 nitrogen and oxygen atoms in total. The predicted octanol–water partition coefficient (Wildman–Crippen LogP) is 1.43. The Morgan fingerprint density at radius 1 is 1.03 bits per heavy atom. The first kappa shape index (κ1) is 19.9. The Balaban J connectivity index is 1.43. The lowest BCUT2D eigenvalue weighted by Gasteiger charge is -2.27. The number of anilines is 1. The predicted molar refractivity (Wildman–Crippen MR) is 99.2 cm³/mol. The number of aromatic nitrogens is 2. The number of rotatable bonds is 5. The number of sulfonamides is 1. The molecule has 2 aliphatic heterocycles. The van der Waals surface area contributed by atoms with E-state index >= 15 is 0 Å². The molecule has 2 aromatic rings. The van der Waals surface area contributed by atoms with Gasteiger partial charge in [-0.15, -0.1) is 0 Å². The van der Waals surface area contributed by atoms with Crippen molar-refractivity contribution in [3.8, 4) is 5.88 Å². The highest BCUT2D eigenvalue weighted by Crippen LogP contribution is 2.25. The third-order valence-electron chi connectivity index (χ3n) is 4.83. The van der Waals surface area contributed by atoms with Gasteiger partial charge in [-0.3, -0.25) is 0 Å².